The average Bonchev–Trinajstić information content (AvgIpc) is 2.35. The topological polar surface area (TPSA) is 104 Å². The van der Waals surface area contributed by atoms with Crippen molar-refractivity contribution >= 4 is 11.9 Å². The van der Waals surface area contributed by atoms with Crippen LogP contribution in [0, 0.1) is 16.7 Å². The SMILES string of the molecule is C=C(C)C(O)OC12CC3CC(C(=O)O)(C1)CC(C(=O)O)(C3)C2. The fourth-order valence-corrected chi connectivity index (χ4v) is 5.30. The van der Waals surface area contributed by atoms with Crippen LogP contribution < -0.4 is 0 Å². The van der Waals surface area contributed by atoms with Crippen LogP contribution in [0.3, 0.4) is 0 Å². The van der Waals surface area contributed by atoms with Gasteiger partial charge in [0.25, 0.3) is 0 Å². The summed E-state index contributed by atoms with van der Waals surface area (Å²) in [4.78, 5) is 23.7. The van der Waals surface area contributed by atoms with Gasteiger partial charge < -0.3 is 20.1 Å². The van der Waals surface area contributed by atoms with Gasteiger partial charge in [-0.25, -0.2) is 0 Å². The van der Waals surface area contributed by atoms with Crippen LogP contribution in [-0.2, 0) is 14.3 Å². The van der Waals surface area contributed by atoms with Crippen molar-refractivity contribution in [1.82, 2.24) is 0 Å². The van der Waals surface area contributed by atoms with Gasteiger partial charge in [0.2, 0.25) is 0 Å². The Morgan fingerprint density at radius 1 is 1.09 bits per heavy atom. The van der Waals surface area contributed by atoms with E-state index in [2.05, 4.69) is 6.58 Å². The molecule has 0 aromatic heterocycles. The van der Waals surface area contributed by atoms with Crippen LogP contribution in [0.25, 0.3) is 0 Å². The number of hydrogen-bond donors (Lipinski definition) is 3. The van der Waals surface area contributed by atoms with E-state index in [-0.39, 0.29) is 25.2 Å². The smallest absolute Gasteiger partial charge is 0.309 e. The summed E-state index contributed by atoms with van der Waals surface area (Å²) < 4.78 is 5.79. The fraction of sp³-hybridized carbons (Fsp3) is 0.750. The summed E-state index contributed by atoms with van der Waals surface area (Å²) in [6, 6.07) is 0. The van der Waals surface area contributed by atoms with Crippen LogP contribution in [-0.4, -0.2) is 39.1 Å². The van der Waals surface area contributed by atoms with Gasteiger partial charge in [-0.3, -0.25) is 9.59 Å². The standard InChI is InChI=1S/C16H22O6/c1-9(2)11(17)22-16-5-10-3-14(7-16,12(18)19)6-15(4-10,8-16)13(20)21/h10-11,17H,1,3-8H2,2H3,(H,18,19)(H,20,21). The van der Waals surface area contributed by atoms with Crippen molar-refractivity contribution in [3.05, 3.63) is 12.2 Å². The molecule has 4 saturated carbocycles. The molecule has 0 saturated heterocycles. The molecule has 4 fully saturated rings. The average molecular weight is 310 g/mol. The molecule has 0 spiro atoms. The number of carboxylic acids is 2. The molecule has 3 atom stereocenters. The highest BCUT2D eigenvalue weighted by Gasteiger charge is 2.69. The van der Waals surface area contributed by atoms with Crippen LogP contribution in [0.2, 0.25) is 0 Å². The van der Waals surface area contributed by atoms with E-state index in [9.17, 15) is 24.9 Å². The number of ether oxygens (including phenoxy) is 1. The lowest BCUT2D eigenvalue weighted by atomic mass is 9.42. The quantitative estimate of drug-likeness (QED) is 0.528. The van der Waals surface area contributed by atoms with E-state index in [1.807, 2.05) is 0 Å². The van der Waals surface area contributed by atoms with Crippen molar-refractivity contribution in [3.63, 3.8) is 0 Å². The maximum absolute atomic E-state index is 11.9. The zero-order valence-corrected chi connectivity index (χ0v) is 12.7. The van der Waals surface area contributed by atoms with Crippen molar-refractivity contribution in [2.45, 2.75) is 57.3 Å². The Hall–Kier alpha value is -1.40. The van der Waals surface area contributed by atoms with Crippen LogP contribution in [0.15, 0.2) is 12.2 Å². The predicted molar refractivity (Wildman–Crippen MR) is 76.0 cm³/mol. The first-order valence-electron chi connectivity index (χ1n) is 7.60. The van der Waals surface area contributed by atoms with Crippen molar-refractivity contribution in [3.8, 4) is 0 Å². The van der Waals surface area contributed by atoms with Crippen molar-refractivity contribution < 1.29 is 29.6 Å². The second kappa shape index (κ2) is 4.55. The monoisotopic (exact) mass is 310 g/mol. The lowest BCUT2D eigenvalue weighted by Gasteiger charge is -2.63. The highest BCUT2D eigenvalue weighted by Crippen LogP contribution is 2.68. The Morgan fingerprint density at radius 3 is 2.00 bits per heavy atom. The van der Waals surface area contributed by atoms with Gasteiger partial charge in [-0.15, -0.1) is 0 Å². The molecule has 3 N–H and O–H groups in total. The largest absolute Gasteiger partial charge is 0.481 e. The molecule has 4 aliphatic rings. The normalized spacial score (nSPS) is 43.8. The molecule has 4 bridgehead atoms. The van der Waals surface area contributed by atoms with Gasteiger partial charge in [0.05, 0.1) is 16.4 Å². The number of aliphatic carboxylic acids is 2. The van der Waals surface area contributed by atoms with Gasteiger partial charge in [-0.2, -0.15) is 0 Å². The second-order valence-corrected chi connectivity index (χ2v) is 7.68. The Labute approximate surface area is 128 Å². The molecule has 122 valence electrons. The van der Waals surface area contributed by atoms with E-state index in [0.29, 0.717) is 24.8 Å². The Morgan fingerprint density at radius 2 is 1.59 bits per heavy atom. The van der Waals surface area contributed by atoms with E-state index in [1.165, 1.54) is 0 Å². The molecule has 4 rings (SSSR count). The summed E-state index contributed by atoms with van der Waals surface area (Å²) in [7, 11) is 0. The first-order valence-corrected chi connectivity index (χ1v) is 7.60. The van der Waals surface area contributed by atoms with Crippen molar-refractivity contribution in [2.75, 3.05) is 0 Å². The summed E-state index contributed by atoms with van der Waals surface area (Å²) in [6.07, 6.45) is 1.14. The van der Waals surface area contributed by atoms with Crippen LogP contribution in [0.1, 0.15) is 45.4 Å². The lowest BCUT2D eigenvalue weighted by Crippen LogP contribution is -2.65. The molecule has 0 aromatic rings. The van der Waals surface area contributed by atoms with Crippen molar-refractivity contribution in [2.24, 2.45) is 16.7 Å². The van der Waals surface area contributed by atoms with Gasteiger partial charge in [0.15, 0.2) is 6.29 Å². The Balaban J connectivity index is 2.01. The van der Waals surface area contributed by atoms with Crippen LogP contribution in [0.5, 0.6) is 0 Å². The van der Waals surface area contributed by atoms with Crippen molar-refractivity contribution in [1.29, 1.82) is 0 Å². The molecule has 0 aromatic carbocycles. The third-order valence-corrected chi connectivity index (χ3v) is 5.71. The summed E-state index contributed by atoms with van der Waals surface area (Å²) in [5.74, 6) is -1.87. The van der Waals surface area contributed by atoms with Gasteiger partial charge >= 0.3 is 11.9 Å². The highest BCUT2D eigenvalue weighted by atomic mass is 16.6. The summed E-state index contributed by atoms with van der Waals surface area (Å²) >= 11 is 0. The first-order chi connectivity index (χ1) is 10.1. The molecule has 6 heteroatoms. The molecule has 6 nitrogen and oxygen atoms in total. The highest BCUT2D eigenvalue weighted by molar-refractivity contribution is 5.81. The van der Waals surface area contributed by atoms with Gasteiger partial charge in [-0.05, 0) is 56.9 Å². The predicted octanol–water partition coefficient (Wildman–Crippen LogP) is 1.78. The number of aliphatic hydroxyl groups excluding tert-OH is 1. The summed E-state index contributed by atoms with van der Waals surface area (Å²) in [6.45, 7) is 5.28. The zero-order chi connectivity index (χ0) is 16.3. The van der Waals surface area contributed by atoms with Gasteiger partial charge in [0.1, 0.15) is 0 Å². The number of aliphatic hydroxyl groups is 1. The molecular formula is C16H22O6. The molecule has 0 amide bonds. The maximum atomic E-state index is 11.9. The zero-order valence-electron chi connectivity index (χ0n) is 12.7. The van der Waals surface area contributed by atoms with E-state index < -0.39 is 34.7 Å². The second-order valence-electron chi connectivity index (χ2n) is 7.68. The number of carboxylic acid groups (broad SMARTS) is 2. The molecule has 0 heterocycles. The Kier molecular flexibility index (Phi) is 3.21. The molecule has 22 heavy (non-hydrogen) atoms. The van der Waals surface area contributed by atoms with Gasteiger partial charge in [-0.1, -0.05) is 6.58 Å². The lowest BCUT2D eigenvalue weighted by molar-refractivity contribution is -0.265. The molecule has 4 aliphatic carbocycles. The number of rotatable bonds is 5. The number of hydrogen-bond acceptors (Lipinski definition) is 4. The minimum absolute atomic E-state index is 0.0146. The fourth-order valence-electron chi connectivity index (χ4n) is 5.30. The maximum Gasteiger partial charge on any atom is 0.309 e. The Bertz CT molecular complexity index is 523. The van der Waals surface area contributed by atoms with E-state index in [0.717, 1.165) is 0 Å². The minimum atomic E-state index is -1.19. The van der Waals surface area contributed by atoms with Crippen LogP contribution in [0.4, 0.5) is 0 Å². The third kappa shape index (κ3) is 2.08. The molecule has 3 unspecified atom stereocenters. The summed E-state index contributed by atoms with van der Waals surface area (Å²) in [5.41, 5.74) is -2.54. The molecular weight excluding hydrogens is 288 g/mol. The van der Waals surface area contributed by atoms with E-state index in [1.54, 1.807) is 6.92 Å². The molecule has 0 aliphatic heterocycles. The number of carbonyl (C=O) groups is 2. The first kappa shape index (κ1) is 15.5. The van der Waals surface area contributed by atoms with E-state index >= 15 is 0 Å². The summed E-state index contributed by atoms with van der Waals surface area (Å²) in [5, 5.41) is 29.4. The van der Waals surface area contributed by atoms with Crippen LogP contribution >= 0.6 is 0 Å². The third-order valence-electron chi connectivity index (χ3n) is 5.71. The van der Waals surface area contributed by atoms with E-state index in [4.69, 9.17) is 4.74 Å². The molecule has 0 radical (unpaired) electrons. The minimum Gasteiger partial charge on any atom is -0.481 e. The van der Waals surface area contributed by atoms with Gasteiger partial charge in [0, 0.05) is 0 Å².